The summed E-state index contributed by atoms with van der Waals surface area (Å²) in [5.74, 6) is 3.68. The first-order valence-corrected chi connectivity index (χ1v) is 11.0. The van der Waals surface area contributed by atoms with Gasteiger partial charge in [0.1, 0.15) is 11.5 Å². The molecule has 11 nitrogen and oxygen atoms in total. The number of hydrogen-bond donors (Lipinski definition) is 5. The molecule has 0 unspecified atom stereocenters. The molecule has 0 amide bonds. The van der Waals surface area contributed by atoms with Crippen molar-refractivity contribution in [1.82, 2.24) is 0 Å². The number of halogens is 1. The van der Waals surface area contributed by atoms with Gasteiger partial charge in [0, 0.05) is 5.56 Å². The van der Waals surface area contributed by atoms with Gasteiger partial charge in [-0.25, -0.2) is 5.90 Å². The van der Waals surface area contributed by atoms with Crippen LogP contribution in [0.15, 0.2) is 41.6 Å². The molecule has 2 aliphatic rings. The lowest BCUT2D eigenvalue weighted by Gasteiger charge is -2.11. The first-order chi connectivity index (χ1) is 17.4. The second-order valence-electron chi connectivity index (χ2n) is 8.99. The number of oxime groups is 1. The number of hydrogen-bond acceptors (Lipinski definition) is 11. The number of carbonyl (C=O) groups excluding carboxylic acids is 5. The fourth-order valence-corrected chi connectivity index (χ4v) is 3.40. The number of phenolic OH excluding ortho intramolecular Hbond substituents is 2. The Morgan fingerprint density at radius 2 is 1.11 bits per heavy atom. The van der Waals surface area contributed by atoms with Crippen LogP contribution >= 0.6 is 12.4 Å². The number of phenols is 2. The average molecular weight is 553 g/mol. The molecule has 2 aromatic carbocycles. The summed E-state index contributed by atoms with van der Waals surface area (Å²) in [5, 5.41) is 37.4. The summed E-state index contributed by atoms with van der Waals surface area (Å²) in [4.78, 5) is 43.7. The van der Waals surface area contributed by atoms with Gasteiger partial charge >= 0.3 is 12.3 Å². The van der Waals surface area contributed by atoms with E-state index >= 15 is 0 Å². The van der Waals surface area contributed by atoms with E-state index in [9.17, 15) is 15.0 Å². The molecule has 2 aromatic rings. The van der Waals surface area contributed by atoms with Gasteiger partial charge in [0.15, 0.2) is 5.78 Å². The number of nitrogens with zero attached hydrogens (tertiary/aromatic N) is 1. The number of benzene rings is 2. The molecule has 2 aliphatic carbocycles. The molecule has 0 aromatic heterocycles. The highest BCUT2D eigenvalue weighted by Crippen LogP contribution is 2.49. The average Bonchev–Trinajstić information content (AvgIpc) is 3.80. The molecule has 2 fully saturated rings. The van der Waals surface area contributed by atoms with Crippen LogP contribution in [0.3, 0.4) is 0 Å². The molecule has 0 atom stereocenters. The highest BCUT2D eigenvalue weighted by atomic mass is 35.5. The molecule has 12 heteroatoms. The molecule has 2 saturated carbocycles. The summed E-state index contributed by atoms with van der Waals surface area (Å²) in [5.41, 5.74) is 4.38. The largest absolute Gasteiger partial charge is 0.507 e. The minimum atomic E-state index is -0.0754. The molecule has 4 rings (SSSR count). The molecular weight excluding hydrogens is 520 g/mol. The first kappa shape index (κ1) is 36.3. The third kappa shape index (κ3) is 10.6. The number of Topliss-reactive ketones (excluding diaryl/α,β-unsaturated/α-hetero) is 1. The Kier molecular flexibility index (Phi) is 16.1. The SMILES string of the molecule is C/C(=N\O)c1cc(C2(C)CC2)ccc1O.CC(=O)c1cc(C2(C)CC2)ccc1O.Cl.NO.O=C=O.O=C=O. The van der Waals surface area contributed by atoms with Crippen molar-refractivity contribution in [3.05, 3.63) is 58.7 Å². The van der Waals surface area contributed by atoms with Crippen LogP contribution in [0.1, 0.15) is 80.4 Å². The third-order valence-corrected chi connectivity index (χ3v) is 6.31. The minimum Gasteiger partial charge on any atom is -0.507 e. The summed E-state index contributed by atoms with van der Waals surface area (Å²) in [7, 11) is 0. The Balaban J connectivity index is 0. The van der Waals surface area contributed by atoms with E-state index in [1.54, 1.807) is 19.1 Å². The quantitative estimate of drug-likeness (QED) is 0.160. The minimum absolute atomic E-state index is 0. The van der Waals surface area contributed by atoms with Gasteiger partial charge in [0.25, 0.3) is 0 Å². The van der Waals surface area contributed by atoms with Gasteiger partial charge in [-0.3, -0.25) is 4.79 Å². The van der Waals surface area contributed by atoms with Crippen LogP contribution in [-0.2, 0) is 30.0 Å². The molecule has 0 saturated heterocycles. The number of carbonyl (C=O) groups is 1. The summed E-state index contributed by atoms with van der Waals surface area (Å²) >= 11 is 0. The molecule has 0 bridgehead atoms. The normalized spacial score (nSPS) is 14.6. The van der Waals surface area contributed by atoms with Gasteiger partial charge in [0.05, 0.1) is 11.3 Å². The van der Waals surface area contributed by atoms with Crippen molar-refractivity contribution in [3.8, 4) is 11.5 Å². The standard InChI is InChI=1S/C12H15NO2.C12H14O2.2CO2.ClH.H3NO/c1-8(13-15)10-7-9(3-4-11(10)14)12(2)5-6-12;1-8(13)10-7-9(3-4-11(10)14)12(2)5-6-12;2*2-1-3;;1-2/h3-4,7,14-15H,5-6H2,1-2H3;3-4,7,14H,5-6H2,1-2H3;;;1H;2H,1H2/b13-8+;;;;;. The van der Waals surface area contributed by atoms with Crippen LogP contribution < -0.4 is 5.90 Å². The Labute approximate surface area is 226 Å². The molecule has 6 N–H and O–H groups in total. The number of aromatic hydroxyl groups is 2. The van der Waals surface area contributed by atoms with Crippen molar-refractivity contribution < 1.29 is 44.6 Å². The summed E-state index contributed by atoms with van der Waals surface area (Å²) < 4.78 is 0. The Morgan fingerprint density at radius 1 is 0.789 bits per heavy atom. The zero-order valence-corrected chi connectivity index (χ0v) is 22.4. The van der Waals surface area contributed by atoms with Crippen molar-refractivity contribution in [2.24, 2.45) is 11.1 Å². The van der Waals surface area contributed by atoms with Crippen LogP contribution in [0, 0.1) is 0 Å². The lowest BCUT2D eigenvalue weighted by Crippen LogP contribution is -2.03. The predicted octanol–water partition coefficient (Wildman–Crippen LogP) is 3.88. The molecular formula is C26H33ClN2O9. The second kappa shape index (κ2) is 16.8. The number of ketones is 1. The van der Waals surface area contributed by atoms with Crippen molar-refractivity contribution >= 4 is 36.2 Å². The highest BCUT2D eigenvalue weighted by Gasteiger charge is 2.40. The Bertz CT molecular complexity index is 1150. The predicted molar refractivity (Wildman–Crippen MR) is 137 cm³/mol. The fraction of sp³-hybridized carbons (Fsp3) is 0.385. The van der Waals surface area contributed by atoms with Crippen LogP contribution in [0.2, 0.25) is 0 Å². The van der Waals surface area contributed by atoms with Crippen molar-refractivity contribution in [3.63, 3.8) is 0 Å². The van der Waals surface area contributed by atoms with Crippen molar-refractivity contribution in [2.45, 2.75) is 64.2 Å². The molecule has 38 heavy (non-hydrogen) atoms. The maximum Gasteiger partial charge on any atom is 0.373 e. The zero-order chi connectivity index (χ0) is 28.8. The second-order valence-corrected chi connectivity index (χ2v) is 8.99. The van der Waals surface area contributed by atoms with E-state index in [0.29, 0.717) is 16.8 Å². The first-order valence-electron chi connectivity index (χ1n) is 11.0. The van der Waals surface area contributed by atoms with E-state index in [4.69, 9.17) is 29.6 Å². The van der Waals surface area contributed by atoms with Gasteiger partial charge in [0.2, 0.25) is 0 Å². The Morgan fingerprint density at radius 3 is 1.39 bits per heavy atom. The van der Waals surface area contributed by atoms with Crippen LogP contribution in [0.5, 0.6) is 11.5 Å². The topological polar surface area (TPSA) is 205 Å². The number of rotatable bonds is 4. The lowest BCUT2D eigenvalue weighted by molar-refractivity contribution is -0.193. The molecule has 208 valence electrons. The highest BCUT2D eigenvalue weighted by molar-refractivity contribution is 6.00. The summed E-state index contributed by atoms with van der Waals surface area (Å²) in [6, 6.07) is 10.9. The van der Waals surface area contributed by atoms with Gasteiger partial charge < -0.3 is 20.6 Å². The van der Waals surface area contributed by atoms with Gasteiger partial charge in [-0.05, 0) is 85.8 Å². The van der Waals surface area contributed by atoms with E-state index in [0.717, 1.165) is 0 Å². The van der Waals surface area contributed by atoms with Gasteiger partial charge in [-0.1, -0.05) is 31.1 Å². The maximum atomic E-state index is 11.2. The molecule has 0 aliphatic heterocycles. The fourth-order valence-electron chi connectivity index (χ4n) is 3.40. The van der Waals surface area contributed by atoms with Crippen molar-refractivity contribution in [2.75, 3.05) is 0 Å². The monoisotopic (exact) mass is 552 g/mol. The van der Waals surface area contributed by atoms with E-state index in [-0.39, 0.29) is 52.8 Å². The lowest BCUT2D eigenvalue weighted by atomic mass is 9.95. The maximum absolute atomic E-state index is 11.2. The molecule has 0 heterocycles. The van der Waals surface area contributed by atoms with Crippen LogP contribution in [0.4, 0.5) is 0 Å². The van der Waals surface area contributed by atoms with Gasteiger partial charge in [-0.2, -0.15) is 19.2 Å². The Hall–Kier alpha value is -3.85. The van der Waals surface area contributed by atoms with E-state index in [1.165, 1.54) is 43.7 Å². The molecule has 0 spiro atoms. The van der Waals surface area contributed by atoms with E-state index in [2.05, 4.69) is 24.9 Å². The molecule has 0 radical (unpaired) electrons. The zero-order valence-electron chi connectivity index (χ0n) is 21.6. The smallest absolute Gasteiger partial charge is 0.373 e. The van der Waals surface area contributed by atoms with Gasteiger partial charge in [-0.15, -0.1) is 12.4 Å². The van der Waals surface area contributed by atoms with Crippen molar-refractivity contribution in [1.29, 1.82) is 0 Å². The van der Waals surface area contributed by atoms with E-state index in [1.807, 2.05) is 24.3 Å². The van der Waals surface area contributed by atoms with Crippen LogP contribution in [-0.4, -0.2) is 44.4 Å². The summed E-state index contributed by atoms with van der Waals surface area (Å²) in [6.07, 6.45) is 5.23. The van der Waals surface area contributed by atoms with Crippen LogP contribution in [0.25, 0.3) is 0 Å². The summed E-state index contributed by atoms with van der Waals surface area (Å²) in [6.45, 7) is 7.54. The number of nitrogens with two attached hydrogens (primary N) is 1. The third-order valence-electron chi connectivity index (χ3n) is 6.31. The van der Waals surface area contributed by atoms with E-state index < -0.39 is 0 Å².